The monoisotopic (exact) mass is 426 g/mol. The van der Waals surface area contributed by atoms with E-state index in [4.69, 9.17) is 9.47 Å². The lowest BCUT2D eigenvalue weighted by Crippen LogP contribution is -2.60. The van der Waals surface area contributed by atoms with Gasteiger partial charge in [-0.15, -0.1) is 0 Å². The Hall–Kier alpha value is -3.40. The third kappa shape index (κ3) is 3.70. The molecule has 6 rings (SSSR count). The van der Waals surface area contributed by atoms with E-state index in [9.17, 15) is 9.59 Å². The van der Waals surface area contributed by atoms with Crippen LogP contribution in [0.4, 0.5) is 0 Å². The van der Waals surface area contributed by atoms with Crippen molar-refractivity contribution in [2.75, 3.05) is 0 Å². The maximum absolute atomic E-state index is 13.1. The molecule has 0 saturated heterocycles. The van der Waals surface area contributed by atoms with Gasteiger partial charge in [0.25, 0.3) is 0 Å². The van der Waals surface area contributed by atoms with Crippen molar-refractivity contribution in [1.82, 2.24) is 0 Å². The second kappa shape index (κ2) is 8.62. The van der Waals surface area contributed by atoms with Crippen LogP contribution in [0.5, 0.6) is 0 Å². The molecule has 2 unspecified atom stereocenters. The van der Waals surface area contributed by atoms with Gasteiger partial charge in [0.05, 0.1) is 11.1 Å². The molecule has 0 N–H and O–H groups in total. The summed E-state index contributed by atoms with van der Waals surface area (Å²) in [6.45, 7) is 0. The third-order valence-electron chi connectivity index (χ3n) is 7.07. The number of fused-ring (bicyclic) bond motifs is 3. The van der Waals surface area contributed by atoms with Crippen molar-refractivity contribution in [1.29, 1.82) is 0 Å². The van der Waals surface area contributed by atoms with Gasteiger partial charge < -0.3 is 9.47 Å². The summed E-state index contributed by atoms with van der Waals surface area (Å²) in [7, 11) is 0. The van der Waals surface area contributed by atoms with E-state index >= 15 is 0 Å². The number of carbonyl (C=O) groups is 2. The molecule has 0 heterocycles. The zero-order valence-electron chi connectivity index (χ0n) is 17.9. The van der Waals surface area contributed by atoms with Crippen molar-refractivity contribution < 1.29 is 19.1 Å². The first-order valence-corrected chi connectivity index (χ1v) is 11.2. The van der Waals surface area contributed by atoms with Crippen LogP contribution in [-0.4, -0.2) is 24.1 Å². The summed E-state index contributed by atoms with van der Waals surface area (Å²) in [6.07, 6.45) is 2.71. The Bertz CT molecular complexity index is 1070. The van der Waals surface area contributed by atoms with Gasteiger partial charge in [0, 0.05) is 5.41 Å². The predicted octanol–water partition coefficient (Wildman–Crippen LogP) is 5.58. The Morgan fingerprint density at radius 2 is 1.12 bits per heavy atom. The molecule has 0 aliphatic heterocycles. The standard InChI is InChI=1S/C28H26O4/c29-26(21-10-4-1-5-11-21)31-24-20-16-18-28(19-17-20,23-14-8-3-9-15-23)25(24)32-27(30)22-12-6-2-7-13-22/h1-15,20,24-25H,16-19H2. The highest BCUT2D eigenvalue weighted by Gasteiger charge is 2.58. The number of esters is 2. The van der Waals surface area contributed by atoms with E-state index in [1.54, 1.807) is 24.3 Å². The van der Waals surface area contributed by atoms with Crippen LogP contribution in [0.3, 0.4) is 0 Å². The fourth-order valence-corrected chi connectivity index (χ4v) is 5.41. The SMILES string of the molecule is O=C(OC1C2CCC(c3ccccc3)(CC2)C1OC(=O)c1ccccc1)c1ccccc1. The van der Waals surface area contributed by atoms with E-state index in [0.717, 1.165) is 31.2 Å². The molecule has 4 heteroatoms. The van der Waals surface area contributed by atoms with Gasteiger partial charge in [-0.1, -0.05) is 66.7 Å². The summed E-state index contributed by atoms with van der Waals surface area (Å²) in [4.78, 5) is 26.1. The second-order valence-electron chi connectivity index (χ2n) is 8.79. The summed E-state index contributed by atoms with van der Waals surface area (Å²) >= 11 is 0. The van der Waals surface area contributed by atoms with Gasteiger partial charge in [-0.05, 0) is 61.4 Å². The lowest BCUT2D eigenvalue weighted by Gasteiger charge is -2.54. The van der Waals surface area contributed by atoms with Gasteiger partial charge in [0.2, 0.25) is 0 Å². The van der Waals surface area contributed by atoms with Crippen LogP contribution >= 0.6 is 0 Å². The summed E-state index contributed by atoms with van der Waals surface area (Å²) in [6, 6.07) is 28.3. The summed E-state index contributed by atoms with van der Waals surface area (Å²) in [5, 5.41) is 0. The van der Waals surface area contributed by atoms with Crippen LogP contribution in [0.25, 0.3) is 0 Å². The molecule has 4 nitrogen and oxygen atoms in total. The molecule has 3 aliphatic carbocycles. The van der Waals surface area contributed by atoms with Crippen molar-refractivity contribution in [3.63, 3.8) is 0 Å². The van der Waals surface area contributed by atoms with Crippen LogP contribution in [0.1, 0.15) is 52.0 Å². The van der Waals surface area contributed by atoms with Gasteiger partial charge in [-0.2, -0.15) is 0 Å². The molecule has 3 saturated carbocycles. The first-order chi connectivity index (χ1) is 15.7. The molecule has 162 valence electrons. The number of hydrogen-bond donors (Lipinski definition) is 0. The highest BCUT2D eigenvalue weighted by atomic mass is 16.6. The molecular weight excluding hydrogens is 400 g/mol. The second-order valence-corrected chi connectivity index (χ2v) is 8.79. The smallest absolute Gasteiger partial charge is 0.338 e. The van der Waals surface area contributed by atoms with Crippen molar-refractivity contribution >= 4 is 11.9 Å². The van der Waals surface area contributed by atoms with Crippen LogP contribution < -0.4 is 0 Å². The van der Waals surface area contributed by atoms with Gasteiger partial charge in [0.15, 0.2) is 0 Å². The Morgan fingerprint density at radius 3 is 1.66 bits per heavy atom. The largest absolute Gasteiger partial charge is 0.454 e. The van der Waals surface area contributed by atoms with Crippen molar-refractivity contribution in [2.24, 2.45) is 5.92 Å². The van der Waals surface area contributed by atoms with Gasteiger partial charge >= 0.3 is 11.9 Å². The molecule has 3 aromatic rings. The molecule has 0 amide bonds. The molecule has 0 radical (unpaired) electrons. The molecule has 0 aromatic heterocycles. The van der Waals surface area contributed by atoms with E-state index in [0.29, 0.717) is 11.1 Å². The van der Waals surface area contributed by atoms with Gasteiger partial charge in [-0.25, -0.2) is 9.59 Å². The number of carbonyl (C=O) groups excluding carboxylic acids is 2. The average molecular weight is 427 g/mol. The quantitative estimate of drug-likeness (QED) is 0.500. The Morgan fingerprint density at radius 1 is 0.656 bits per heavy atom. The number of rotatable bonds is 5. The average Bonchev–Trinajstić information content (AvgIpc) is 2.87. The van der Waals surface area contributed by atoms with Crippen LogP contribution in [0, 0.1) is 5.92 Å². The number of benzene rings is 3. The normalized spacial score (nSPS) is 26.3. The van der Waals surface area contributed by atoms with E-state index in [1.165, 1.54) is 0 Å². The number of hydrogen-bond acceptors (Lipinski definition) is 4. The summed E-state index contributed by atoms with van der Waals surface area (Å²) in [5.74, 6) is -0.562. The Kier molecular flexibility index (Phi) is 5.52. The molecule has 3 aromatic carbocycles. The minimum atomic E-state index is -0.530. The van der Waals surface area contributed by atoms with E-state index in [2.05, 4.69) is 12.1 Å². The predicted molar refractivity (Wildman–Crippen MR) is 121 cm³/mol. The fourth-order valence-electron chi connectivity index (χ4n) is 5.41. The Labute approximate surface area is 188 Å². The van der Waals surface area contributed by atoms with E-state index in [1.807, 2.05) is 54.6 Å². The van der Waals surface area contributed by atoms with Crippen molar-refractivity contribution in [2.45, 2.75) is 43.3 Å². The Balaban J connectivity index is 1.50. The minimum absolute atomic E-state index is 0.182. The summed E-state index contributed by atoms with van der Waals surface area (Å²) in [5.41, 5.74) is 1.80. The molecule has 0 spiro atoms. The number of ether oxygens (including phenoxy) is 2. The van der Waals surface area contributed by atoms with E-state index in [-0.39, 0.29) is 23.3 Å². The van der Waals surface area contributed by atoms with Crippen LogP contribution in [0.2, 0.25) is 0 Å². The lowest BCUT2D eigenvalue weighted by molar-refractivity contribution is -0.135. The molecule has 2 bridgehead atoms. The van der Waals surface area contributed by atoms with Gasteiger partial charge in [-0.3, -0.25) is 0 Å². The molecule has 2 atom stereocenters. The lowest BCUT2D eigenvalue weighted by atomic mass is 9.55. The maximum Gasteiger partial charge on any atom is 0.338 e. The highest BCUT2D eigenvalue weighted by molar-refractivity contribution is 5.90. The van der Waals surface area contributed by atoms with Crippen molar-refractivity contribution in [3.8, 4) is 0 Å². The highest BCUT2D eigenvalue weighted by Crippen LogP contribution is 2.54. The van der Waals surface area contributed by atoms with Crippen LogP contribution in [0.15, 0.2) is 91.0 Å². The minimum Gasteiger partial charge on any atom is -0.454 e. The summed E-state index contributed by atoms with van der Waals surface area (Å²) < 4.78 is 12.3. The zero-order chi connectivity index (χ0) is 22.0. The third-order valence-corrected chi connectivity index (χ3v) is 7.07. The fraction of sp³-hybridized carbons (Fsp3) is 0.286. The van der Waals surface area contributed by atoms with Crippen LogP contribution in [-0.2, 0) is 14.9 Å². The topological polar surface area (TPSA) is 52.6 Å². The van der Waals surface area contributed by atoms with E-state index < -0.39 is 12.2 Å². The van der Waals surface area contributed by atoms with Crippen molar-refractivity contribution in [3.05, 3.63) is 108 Å². The molecular formula is C28H26O4. The first-order valence-electron chi connectivity index (χ1n) is 11.2. The maximum atomic E-state index is 13.1. The molecule has 3 fully saturated rings. The molecule has 32 heavy (non-hydrogen) atoms. The zero-order valence-corrected chi connectivity index (χ0v) is 17.9. The first kappa shape index (κ1) is 20.5. The molecule has 3 aliphatic rings. The van der Waals surface area contributed by atoms with Gasteiger partial charge in [0.1, 0.15) is 12.2 Å².